The van der Waals surface area contributed by atoms with Crippen LogP contribution in [0.25, 0.3) is 0 Å². The Hall–Kier alpha value is -2.54. The van der Waals surface area contributed by atoms with Crippen LogP contribution in [0.1, 0.15) is 50.3 Å². The van der Waals surface area contributed by atoms with E-state index in [0.717, 1.165) is 0 Å². The van der Waals surface area contributed by atoms with E-state index in [9.17, 15) is 0 Å². The molecule has 3 aromatic rings. The zero-order valence-corrected chi connectivity index (χ0v) is 15.5. The Morgan fingerprint density at radius 2 is 1.36 bits per heavy atom. The number of para-hydroxylation sites is 2. The number of hydrogen-bond acceptors (Lipinski definition) is 1. The number of anilines is 3. The summed E-state index contributed by atoms with van der Waals surface area (Å²) in [4.78, 5) is 2.42. The zero-order chi connectivity index (χ0) is 17.6. The van der Waals surface area contributed by atoms with Crippen molar-refractivity contribution in [3.63, 3.8) is 0 Å². The van der Waals surface area contributed by atoms with E-state index >= 15 is 0 Å². The molecule has 126 valence electrons. The highest BCUT2D eigenvalue weighted by atomic mass is 15.2. The van der Waals surface area contributed by atoms with E-state index in [-0.39, 0.29) is 5.41 Å². The fourth-order valence-electron chi connectivity index (χ4n) is 3.95. The molecule has 0 saturated carbocycles. The summed E-state index contributed by atoms with van der Waals surface area (Å²) < 4.78 is 0. The first-order valence-corrected chi connectivity index (χ1v) is 9.09. The normalized spacial score (nSPS) is 15.0. The fraction of sp³-hybridized carbons (Fsp3) is 0.250. The second-order valence-corrected chi connectivity index (χ2v) is 7.74. The molecule has 0 atom stereocenters. The van der Waals surface area contributed by atoms with Crippen molar-refractivity contribution >= 4 is 17.1 Å². The second kappa shape index (κ2) is 5.77. The summed E-state index contributed by atoms with van der Waals surface area (Å²) >= 11 is 0. The highest BCUT2D eigenvalue weighted by Gasteiger charge is 2.36. The summed E-state index contributed by atoms with van der Waals surface area (Å²) in [5, 5.41) is 0. The zero-order valence-electron chi connectivity index (χ0n) is 15.5. The van der Waals surface area contributed by atoms with Gasteiger partial charge < -0.3 is 4.90 Å². The lowest BCUT2D eigenvalue weighted by atomic mass is 9.73. The van der Waals surface area contributed by atoms with Crippen LogP contribution in [0, 0.1) is 0 Å². The molecule has 1 aliphatic heterocycles. The number of nitrogens with zero attached hydrogens (tertiary/aromatic N) is 1. The van der Waals surface area contributed by atoms with Crippen LogP contribution in [0.15, 0.2) is 72.8 Å². The van der Waals surface area contributed by atoms with Gasteiger partial charge in [0.25, 0.3) is 0 Å². The second-order valence-electron chi connectivity index (χ2n) is 7.74. The van der Waals surface area contributed by atoms with Crippen LogP contribution >= 0.6 is 0 Å². The van der Waals surface area contributed by atoms with Gasteiger partial charge in [-0.15, -0.1) is 0 Å². The molecule has 0 aromatic heterocycles. The van der Waals surface area contributed by atoms with Crippen LogP contribution in [-0.2, 0) is 5.41 Å². The topological polar surface area (TPSA) is 3.24 Å². The van der Waals surface area contributed by atoms with Crippen molar-refractivity contribution in [2.45, 2.75) is 39.0 Å². The van der Waals surface area contributed by atoms with Gasteiger partial charge in [-0.25, -0.2) is 0 Å². The molecular weight excluding hydrogens is 302 g/mol. The number of hydrogen-bond donors (Lipinski definition) is 0. The number of fused-ring (bicyclic) bond motifs is 2. The van der Waals surface area contributed by atoms with E-state index in [1.54, 1.807) is 0 Å². The van der Waals surface area contributed by atoms with Crippen molar-refractivity contribution in [1.29, 1.82) is 0 Å². The van der Waals surface area contributed by atoms with Gasteiger partial charge in [-0.1, -0.05) is 76.2 Å². The maximum atomic E-state index is 2.42. The van der Waals surface area contributed by atoms with E-state index < -0.39 is 0 Å². The summed E-state index contributed by atoms with van der Waals surface area (Å²) in [6.07, 6.45) is 0. The van der Waals surface area contributed by atoms with Gasteiger partial charge in [-0.3, -0.25) is 0 Å². The van der Waals surface area contributed by atoms with E-state index in [1.165, 1.54) is 33.8 Å². The molecule has 0 fully saturated rings. The van der Waals surface area contributed by atoms with Gasteiger partial charge >= 0.3 is 0 Å². The van der Waals surface area contributed by atoms with Crippen LogP contribution in [0.2, 0.25) is 0 Å². The maximum Gasteiger partial charge on any atom is 0.0505 e. The van der Waals surface area contributed by atoms with Gasteiger partial charge in [0.2, 0.25) is 0 Å². The maximum absolute atomic E-state index is 2.42. The first-order valence-electron chi connectivity index (χ1n) is 9.09. The third kappa shape index (κ3) is 2.46. The molecule has 25 heavy (non-hydrogen) atoms. The van der Waals surface area contributed by atoms with Crippen LogP contribution in [0.4, 0.5) is 17.1 Å². The minimum absolute atomic E-state index is 0.00723. The molecule has 0 bridgehead atoms. The standard InChI is InChI=1S/C24H25N/c1-17(2)18-14-15-21-23(16-18)25(19-10-6-5-7-11-19)22-13-9-8-12-20(22)24(21,3)4/h5-17H,1-4H3. The van der Waals surface area contributed by atoms with E-state index in [1.807, 2.05) is 0 Å². The van der Waals surface area contributed by atoms with Crippen LogP contribution in [0.3, 0.4) is 0 Å². The minimum atomic E-state index is -0.00723. The highest BCUT2D eigenvalue weighted by Crippen LogP contribution is 2.52. The van der Waals surface area contributed by atoms with Crippen LogP contribution in [0.5, 0.6) is 0 Å². The van der Waals surface area contributed by atoms with E-state index in [2.05, 4.69) is 105 Å². The van der Waals surface area contributed by atoms with Gasteiger partial charge in [-0.05, 0) is 46.9 Å². The molecule has 0 N–H and O–H groups in total. The molecule has 0 radical (unpaired) electrons. The summed E-state index contributed by atoms with van der Waals surface area (Å²) in [5.74, 6) is 0.517. The lowest BCUT2D eigenvalue weighted by Crippen LogP contribution is -2.30. The Bertz CT molecular complexity index is 906. The average Bonchev–Trinajstić information content (AvgIpc) is 2.62. The minimum Gasteiger partial charge on any atom is -0.310 e. The van der Waals surface area contributed by atoms with E-state index in [4.69, 9.17) is 0 Å². The third-order valence-electron chi connectivity index (χ3n) is 5.44. The van der Waals surface area contributed by atoms with Crippen molar-refractivity contribution in [2.75, 3.05) is 4.90 Å². The Morgan fingerprint density at radius 3 is 2.08 bits per heavy atom. The molecule has 3 aromatic carbocycles. The largest absolute Gasteiger partial charge is 0.310 e. The number of benzene rings is 3. The Balaban J connectivity index is 2.04. The average molecular weight is 327 g/mol. The quantitative estimate of drug-likeness (QED) is 0.494. The van der Waals surface area contributed by atoms with Gasteiger partial charge in [0.05, 0.1) is 11.4 Å². The molecule has 0 unspecified atom stereocenters. The highest BCUT2D eigenvalue weighted by molar-refractivity contribution is 5.86. The summed E-state index contributed by atoms with van der Waals surface area (Å²) in [6, 6.07) is 26.5. The van der Waals surface area contributed by atoms with Crippen molar-refractivity contribution < 1.29 is 0 Å². The fourth-order valence-corrected chi connectivity index (χ4v) is 3.95. The summed E-state index contributed by atoms with van der Waals surface area (Å²) in [5.41, 5.74) is 7.95. The molecular formula is C24H25N. The SMILES string of the molecule is CC(C)c1ccc2c(c1)N(c1ccccc1)c1ccccc1C2(C)C. The third-order valence-corrected chi connectivity index (χ3v) is 5.44. The molecule has 0 saturated heterocycles. The molecule has 0 aliphatic carbocycles. The molecule has 1 nitrogen and oxygen atoms in total. The van der Waals surface area contributed by atoms with Gasteiger partial charge in [0.1, 0.15) is 0 Å². The van der Waals surface area contributed by atoms with Crippen molar-refractivity contribution in [2.24, 2.45) is 0 Å². The first-order chi connectivity index (χ1) is 12.0. The molecule has 0 amide bonds. The van der Waals surface area contributed by atoms with Gasteiger partial charge in [0.15, 0.2) is 0 Å². The van der Waals surface area contributed by atoms with Gasteiger partial charge in [-0.2, -0.15) is 0 Å². The summed E-state index contributed by atoms with van der Waals surface area (Å²) in [7, 11) is 0. The molecule has 0 spiro atoms. The predicted octanol–water partition coefficient (Wildman–Crippen LogP) is 6.92. The Morgan fingerprint density at radius 1 is 0.720 bits per heavy atom. The Labute approximate surface area is 150 Å². The van der Waals surface area contributed by atoms with Crippen molar-refractivity contribution in [3.05, 3.63) is 89.5 Å². The molecule has 4 rings (SSSR count). The monoisotopic (exact) mass is 327 g/mol. The van der Waals surface area contributed by atoms with Crippen LogP contribution in [-0.4, -0.2) is 0 Å². The van der Waals surface area contributed by atoms with Crippen molar-refractivity contribution in [3.8, 4) is 0 Å². The molecule has 1 heteroatoms. The smallest absolute Gasteiger partial charge is 0.0505 e. The predicted molar refractivity (Wildman–Crippen MR) is 107 cm³/mol. The lowest BCUT2D eigenvalue weighted by Gasteiger charge is -2.42. The summed E-state index contributed by atoms with van der Waals surface area (Å²) in [6.45, 7) is 9.19. The van der Waals surface area contributed by atoms with Crippen LogP contribution < -0.4 is 4.90 Å². The molecule has 1 heterocycles. The molecule has 1 aliphatic rings. The first kappa shape index (κ1) is 16.0. The number of rotatable bonds is 2. The Kier molecular flexibility index (Phi) is 3.68. The van der Waals surface area contributed by atoms with E-state index in [0.29, 0.717) is 5.92 Å². The van der Waals surface area contributed by atoms with Crippen molar-refractivity contribution in [1.82, 2.24) is 0 Å². The van der Waals surface area contributed by atoms with Gasteiger partial charge in [0, 0.05) is 11.1 Å². The lowest BCUT2D eigenvalue weighted by molar-refractivity contribution is 0.631.